The number of aliphatic carboxylic acids is 1. The SMILES string of the molecule is COCc1ccc(OC)cc1CC(=O)O. The molecular weight excluding hydrogens is 196 g/mol. The van der Waals surface area contributed by atoms with Gasteiger partial charge in [0.25, 0.3) is 0 Å². The van der Waals surface area contributed by atoms with Gasteiger partial charge in [0.1, 0.15) is 5.75 Å². The van der Waals surface area contributed by atoms with Crippen molar-refractivity contribution < 1.29 is 19.4 Å². The fourth-order valence-corrected chi connectivity index (χ4v) is 1.35. The van der Waals surface area contributed by atoms with Crippen molar-refractivity contribution >= 4 is 5.97 Å². The molecule has 0 saturated heterocycles. The van der Waals surface area contributed by atoms with Gasteiger partial charge in [0.2, 0.25) is 0 Å². The van der Waals surface area contributed by atoms with E-state index in [1.807, 2.05) is 6.07 Å². The number of carboxylic acid groups (broad SMARTS) is 1. The van der Waals surface area contributed by atoms with E-state index in [0.717, 1.165) is 11.1 Å². The van der Waals surface area contributed by atoms with Crippen LogP contribution in [0.3, 0.4) is 0 Å². The number of hydrogen-bond donors (Lipinski definition) is 1. The van der Waals surface area contributed by atoms with E-state index in [4.69, 9.17) is 14.6 Å². The molecule has 0 fully saturated rings. The summed E-state index contributed by atoms with van der Waals surface area (Å²) in [6.45, 7) is 0.409. The van der Waals surface area contributed by atoms with Crippen LogP contribution in [0.15, 0.2) is 18.2 Å². The zero-order valence-corrected chi connectivity index (χ0v) is 8.82. The third-order valence-electron chi connectivity index (χ3n) is 2.05. The molecule has 0 amide bonds. The normalized spacial score (nSPS) is 10.0. The Morgan fingerprint density at radius 2 is 2.07 bits per heavy atom. The van der Waals surface area contributed by atoms with E-state index in [1.54, 1.807) is 26.4 Å². The first-order valence-electron chi connectivity index (χ1n) is 4.54. The lowest BCUT2D eigenvalue weighted by atomic mass is 10.0. The van der Waals surface area contributed by atoms with Crippen LogP contribution in [-0.4, -0.2) is 25.3 Å². The monoisotopic (exact) mass is 210 g/mol. The number of carbonyl (C=O) groups is 1. The minimum Gasteiger partial charge on any atom is -0.497 e. The second kappa shape index (κ2) is 5.36. The van der Waals surface area contributed by atoms with Gasteiger partial charge in [-0.1, -0.05) is 6.07 Å². The fraction of sp³-hybridized carbons (Fsp3) is 0.364. The molecule has 4 nitrogen and oxygen atoms in total. The molecule has 0 aliphatic rings. The van der Waals surface area contributed by atoms with Crippen molar-refractivity contribution in [2.75, 3.05) is 14.2 Å². The number of hydrogen-bond acceptors (Lipinski definition) is 3. The van der Waals surface area contributed by atoms with E-state index in [9.17, 15) is 4.79 Å². The van der Waals surface area contributed by atoms with Crippen molar-refractivity contribution in [1.29, 1.82) is 0 Å². The lowest BCUT2D eigenvalue weighted by Crippen LogP contribution is -2.04. The van der Waals surface area contributed by atoms with Crippen molar-refractivity contribution in [3.8, 4) is 5.75 Å². The standard InChI is InChI=1S/C11H14O4/c1-14-7-8-3-4-10(15-2)5-9(8)6-11(12)13/h3-5H,6-7H2,1-2H3,(H,12,13). The largest absolute Gasteiger partial charge is 0.497 e. The van der Waals surface area contributed by atoms with E-state index < -0.39 is 5.97 Å². The highest BCUT2D eigenvalue weighted by Crippen LogP contribution is 2.19. The van der Waals surface area contributed by atoms with Crippen LogP contribution in [0.4, 0.5) is 0 Å². The van der Waals surface area contributed by atoms with Gasteiger partial charge in [-0.05, 0) is 23.3 Å². The molecule has 0 radical (unpaired) electrons. The molecule has 0 unspecified atom stereocenters. The molecule has 1 N–H and O–H groups in total. The van der Waals surface area contributed by atoms with Crippen LogP contribution >= 0.6 is 0 Å². The molecule has 0 saturated carbocycles. The second-order valence-electron chi connectivity index (χ2n) is 3.14. The zero-order chi connectivity index (χ0) is 11.3. The Kier molecular flexibility index (Phi) is 4.12. The lowest BCUT2D eigenvalue weighted by molar-refractivity contribution is -0.136. The quantitative estimate of drug-likeness (QED) is 0.799. The lowest BCUT2D eigenvalue weighted by Gasteiger charge is -2.09. The Morgan fingerprint density at radius 1 is 1.33 bits per heavy atom. The summed E-state index contributed by atoms with van der Waals surface area (Å²) in [5, 5.41) is 8.74. The Balaban J connectivity index is 2.98. The summed E-state index contributed by atoms with van der Waals surface area (Å²) in [7, 11) is 3.13. The topological polar surface area (TPSA) is 55.8 Å². The molecule has 1 aromatic rings. The van der Waals surface area contributed by atoms with Gasteiger partial charge in [-0.2, -0.15) is 0 Å². The highest BCUT2D eigenvalue weighted by molar-refractivity contribution is 5.71. The van der Waals surface area contributed by atoms with Crippen LogP contribution in [0.5, 0.6) is 5.75 Å². The maximum Gasteiger partial charge on any atom is 0.307 e. The van der Waals surface area contributed by atoms with Gasteiger partial charge in [-0.3, -0.25) is 4.79 Å². The predicted octanol–water partition coefficient (Wildman–Crippen LogP) is 1.47. The molecule has 0 aliphatic heterocycles. The van der Waals surface area contributed by atoms with Gasteiger partial charge in [0, 0.05) is 7.11 Å². The molecule has 0 aliphatic carbocycles. The van der Waals surface area contributed by atoms with Crippen molar-refractivity contribution in [2.45, 2.75) is 13.0 Å². The summed E-state index contributed by atoms with van der Waals surface area (Å²) in [6.07, 6.45) is -0.0180. The molecule has 82 valence electrons. The first kappa shape index (κ1) is 11.5. The minimum absolute atomic E-state index is 0.0180. The van der Waals surface area contributed by atoms with Gasteiger partial charge in [0.15, 0.2) is 0 Å². The summed E-state index contributed by atoms with van der Waals surface area (Å²) >= 11 is 0. The number of benzene rings is 1. The second-order valence-corrected chi connectivity index (χ2v) is 3.14. The third kappa shape index (κ3) is 3.25. The van der Waals surface area contributed by atoms with E-state index in [1.165, 1.54) is 0 Å². The zero-order valence-electron chi connectivity index (χ0n) is 8.82. The summed E-state index contributed by atoms with van der Waals surface area (Å²) in [5.41, 5.74) is 1.60. The van der Waals surface area contributed by atoms with Gasteiger partial charge in [0.05, 0.1) is 20.1 Å². The molecule has 15 heavy (non-hydrogen) atoms. The van der Waals surface area contributed by atoms with Crippen molar-refractivity contribution in [3.63, 3.8) is 0 Å². The summed E-state index contributed by atoms with van der Waals surface area (Å²) in [5.74, 6) is -0.202. The van der Waals surface area contributed by atoms with Crippen molar-refractivity contribution in [2.24, 2.45) is 0 Å². The number of carboxylic acids is 1. The van der Waals surface area contributed by atoms with Crippen molar-refractivity contribution in [1.82, 2.24) is 0 Å². The van der Waals surface area contributed by atoms with Crippen molar-refractivity contribution in [3.05, 3.63) is 29.3 Å². The van der Waals surface area contributed by atoms with E-state index in [2.05, 4.69) is 0 Å². The summed E-state index contributed by atoms with van der Waals surface area (Å²) in [6, 6.07) is 5.34. The summed E-state index contributed by atoms with van der Waals surface area (Å²) < 4.78 is 10.0. The number of rotatable bonds is 5. The molecular formula is C11H14O4. The molecule has 0 spiro atoms. The molecule has 0 aromatic heterocycles. The highest BCUT2D eigenvalue weighted by Gasteiger charge is 2.08. The van der Waals surface area contributed by atoms with Gasteiger partial charge in [-0.25, -0.2) is 0 Å². The maximum atomic E-state index is 10.6. The first-order valence-corrected chi connectivity index (χ1v) is 4.54. The first-order chi connectivity index (χ1) is 7.17. The number of ether oxygens (including phenoxy) is 2. The van der Waals surface area contributed by atoms with Gasteiger partial charge < -0.3 is 14.6 Å². The van der Waals surface area contributed by atoms with Crippen LogP contribution in [0.25, 0.3) is 0 Å². The molecule has 0 bridgehead atoms. The van der Waals surface area contributed by atoms with Crippen LogP contribution in [0.1, 0.15) is 11.1 Å². The third-order valence-corrected chi connectivity index (χ3v) is 2.05. The van der Waals surface area contributed by atoms with E-state index >= 15 is 0 Å². The number of methoxy groups -OCH3 is 2. The minimum atomic E-state index is -0.861. The molecule has 0 heterocycles. The van der Waals surface area contributed by atoms with Crippen LogP contribution in [0, 0.1) is 0 Å². The van der Waals surface area contributed by atoms with Crippen LogP contribution < -0.4 is 4.74 Å². The Bertz CT molecular complexity index is 346. The van der Waals surface area contributed by atoms with E-state index in [0.29, 0.717) is 12.4 Å². The average Bonchev–Trinajstić information content (AvgIpc) is 2.20. The van der Waals surface area contributed by atoms with Gasteiger partial charge >= 0.3 is 5.97 Å². The predicted molar refractivity (Wildman–Crippen MR) is 55.0 cm³/mol. The van der Waals surface area contributed by atoms with Crippen LogP contribution in [0.2, 0.25) is 0 Å². The highest BCUT2D eigenvalue weighted by atomic mass is 16.5. The van der Waals surface area contributed by atoms with E-state index in [-0.39, 0.29) is 6.42 Å². The fourth-order valence-electron chi connectivity index (χ4n) is 1.35. The molecule has 4 heteroatoms. The molecule has 1 rings (SSSR count). The average molecular weight is 210 g/mol. The maximum absolute atomic E-state index is 10.6. The molecule has 1 aromatic carbocycles. The molecule has 0 atom stereocenters. The Hall–Kier alpha value is -1.55. The van der Waals surface area contributed by atoms with Gasteiger partial charge in [-0.15, -0.1) is 0 Å². The Morgan fingerprint density at radius 3 is 2.60 bits per heavy atom. The summed E-state index contributed by atoms with van der Waals surface area (Å²) in [4.78, 5) is 10.6. The van der Waals surface area contributed by atoms with Crippen LogP contribution in [-0.2, 0) is 22.6 Å². The smallest absolute Gasteiger partial charge is 0.307 e. The Labute approximate surface area is 88.4 Å².